The maximum Gasteiger partial charge on any atom is 0.306 e. The molecule has 0 unspecified atom stereocenters. The number of amides is 1. The molecular weight excluding hydrogens is 306 g/mol. The number of piperidine rings is 1. The van der Waals surface area contributed by atoms with Crippen molar-refractivity contribution in [2.24, 2.45) is 5.92 Å². The standard InChI is InChI=1S/C19H27NO4/c1-13-5-6-15(19(2,3)4)16(11-13)24-12-17(21)20-9-7-14(8-10-20)18(22)23/h5-6,11,14H,7-10,12H2,1-4H3,(H,22,23). The second kappa shape index (κ2) is 7.24. The van der Waals surface area contributed by atoms with Crippen molar-refractivity contribution in [3.63, 3.8) is 0 Å². The van der Waals surface area contributed by atoms with E-state index in [1.54, 1.807) is 4.90 Å². The summed E-state index contributed by atoms with van der Waals surface area (Å²) in [5.74, 6) is -0.441. The van der Waals surface area contributed by atoms with Crippen LogP contribution in [0.1, 0.15) is 44.7 Å². The van der Waals surface area contributed by atoms with Gasteiger partial charge in [-0.25, -0.2) is 0 Å². The van der Waals surface area contributed by atoms with Gasteiger partial charge in [0.15, 0.2) is 6.61 Å². The van der Waals surface area contributed by atoms with E-state index in [9.17, 15) is 9.59 Å². The van der Waals surface area contributed by atoms with Gasteiger partial charge in [0.1, 0.15) is 5.75 Å². The molecule has 0 spiro atoms. The van der Waals surface area contributed by atoms with Gasteiger partial charge in [-0.05, 0) is 42.4 Å². The van der Waals surface area contributed by atoms with E-state index in [0.717, 1.165) is 16.9 Å². The monoisotopic (exact) mass is 333 g/mol. The molecule has 5 nitrogen and oxygen atoms in total. The quantitative estimate of drug-likeness (QED) is 0.920. The lowest BCUT2D eigenvalue weighted by Gasteiger charge is -2.30. The van der Waals surface area contributed by atoms with E-state index in [0.29, 0.717) is 25.9 Å². The number of likely N-dealkylation sites (tertiary alicyclic amines) is 1. The number of ether oxygens (including phenoxy) is 1. The SMILES string of the molecule is Cc1ccc(C(C)(C)C)c(OCC(=O)N2CCC(C(=O)O)CC2)c1. The van der Waals surface area contributed by atoms with E-state index < -0.39 is 5.97 Å². The topological polar surface area (TPSA) is 66.8 Å². The Kier molecular flexibility index (Phi) is 5.52. The highest BCUT2D eigenvalue weighted by Crippen LogP contribution is 2.32. The van der Waals surface area contributed by atoms with E-state index in [1.165, 1.54) is 0 Å². The van der Waals surface area contributed by atoms with Crippen LogP contribution in [0.5, 0.6) is 5.75 Å². The van der Waals surface area contributed by atoms with Crippen molar-refractivity contribution in [2.75, 3.05) is 19.7 Å². The molecule has 24 heavy (non-hydrogen) atoms. The molecule has 1 saturated heterocycles. The Labute approximate surface area is 143 Å². The molecule has 0 atom stereocenters. The zero-order valence-electron chi connectivity index (χ0n) is 15.0. The number of carbonyl (C=O) groups is 2. The van der Waals surface area contributed by atoms with Crippen molar-refractivity contribution in [1.29, 1.82) is 0 Å². The summed E-state index contributed by atoms with van der Waals surface area (Å²) in [6, 6.07) is 6.06. The Morgan fingerprint density at radius 1 is 1.25 bits per heavy atom. The van der Waals surface area contributed by atoms with Gasteiger partial charge >= 0.3 is 5.97 Å². The lowest BCUT2D eigenvalue weighted by atomic mass is 9.86. The maximum atomic E-state index is 12.3. The van der Waals surface area contributed by atoms with Crippen LogP contribution in [-0.4, -0.2) is 41.6 Å². The molecule has 1 N–H and O–H groups in total. The molecule has 1 amide bonds. The summed E-state index contributed by atoms with van der Waals surface area (Å²) in [4.78, 5) is 25.0. The number of aryl methyl sites for hydroxylation is 1. The van der Waals surface area contributed by atoms with E-state index in [2.05, 4.69) is 20.8 Å². The third-order valence-corrected chi connectivity index (χ3v) is 4.49. The van der Waals surface area contributed by atoms with Crippen LogP contribution >= 0.6 is 0 Å². The fourth-order valence-corrected chi connectivity index (χ4v) is 2.98. The lowest BCUT2D eigenvalue weighted by Crippen LogP contribution is -2.42. The van der Waals surface area contributed by atoms with Gasteiger partial charge in [0.05, 0.1) is 5.92 Å². The molecular formula is C19H27NO4. The van der Waals surface area contributed by atoms with Gasteiger partial charge < -0.3 is 14.7 Å². The van der Waals surface area contributed by atoms with Crippen LogP contribution in [0.2, 0.25) is 0 Å². The fourth-order valence-electron chi connectivity index (χ4n) is 2.98. The van der Waals surface area contributed by atoms with Crippen molar-refractivity contribution >= 4 is 11.9 Å². The summed E-state index contributed by atoms with van der Waals surface area (Å²) in [5, 5.41) is 9.02. The lowest BCUT2D eigenvalue weighted by molar-refractivity contribution is -0.146. The Morgan fingerprint density at radius 2 is 1.88 bits per heavy atom. The summed E-state index contributed by atoms with van der Waals surface area (Å²) in [7, 11) is 0. The first kappa shape index (κ1) is 18.3. The van der Waals surface area contributed by atoms with Crippen molar-refractivity contribution in [2.45, 2.75) is 46.0 Å². The van der Waals surface area contributed by atoms with Gasteiger partial charge in [0.2, 0.25) is 0 Å². The van der Waals surface area contributed by atoms with Crippen LogP contribution in [0.4, 0.5) is 0 Å². The average Bonchev–Trinajstić information content (AvgIpc) is 2.51. The molecule has 1 aromatic rings. The number of carboxylic acids is 1. The molecule has 1 aromatic carbocycles. The smallest absolute Gasteiger partial charge is 0.306 e. The Hall–Kier alpha value is -2.04. The summed E-state index contributed by atoms with van der Waals surface area (Å²) < 4.78 is 5.83. The first-order valence-corrected chi connectivity index (χ1v) is 8.43. The number of benzene rings is 1. The van der Waals surface area contributed by atoms with Gasteiger partial charge in [-0.3, -0.25) is 9.59 Å². The van der Waals surface area contributed by atoms with Crippen LogP contribution < -0.4 is 4.74 Å². The van der Waals surface area contributed by atoms with Gasteiger partial charge in [-0.1, -0.05) is 32.9 Å². The van der Waals surface area contributed by atoms with E-state index in [-0.39, 0.29) is 23.8 Å². The number of nitrogens with zero attached hydrogens (tertiary/aromatic N) is 1. The molecule has 1 fully saturated rings. The molecule has 0 saturated carbocycles. The van der Waals surface area contributed by atoms with Gasteiger partial charge in [-0.2, -0.15) is 0 Å². The predicted molar refractivity (Wildman–Crippen MR) is 92.3 cm³/mol. The number of rotatable bonds is 4. The van der Waals surface area contributed by atoms with Crippen molar-refractivity contribution in [1.82, 2.24) is 4.90 Å². The third kappa shape index (κ3) is 4.49. The minimum Gasteiger partial charge on any atom is -0.483 e. The van der Waals surface area contributed by atoms with Crippen LogP contribution in [0.25, 0.3) is 0 Å². The molecule has 0 aromatic heterocycles. The van der Waals surface area contributed by atoms with Gasteiger partial charge in [-0.15, -0.1) is 0 Å². The highest BCUT2D eigenvalue weighted by Gasteiger charge is 2.27. The number of carbonyl (C=O) groups excluding carboxylic acids is 1. The molecule has 1 heterocycles. The average molecular weight is 333 g/mol. The molecule has 0 bridgehead atoms. The van der Waals surface area contributed by atoms with E-state index in [1.807, 2.05) is 25.1 Å². The third-order valence-electron chi connectivity index (χ3n) is 4.49. The fraction of sp³-hybridized carbons (Fsp3) is 0.579. The Bertz CT molecular complexity index is 610. The summed E-state index contributed by atoms with van der Waals surface area (Å²) in [6.07, 6.45) is 1.03. The number of hydrogen-bond acceptors (Lipinski definition) is 3. The largest absolute Gasteiger partial charge is 0.483 e. The van der Waals surface area contributed by atoms with Crippen molar-refractivity contribution in [3.05, 3.63) is 29.3 Å². The number of aliphatic carboxylic acids is 1. The molecule has 132 valence electrons. The second-order valence-electron chi connectivity index (χ2n) is 7.53. The summed E-state index contributed by atoms with van der Waals surface area (Å²) in [5.41, 5.74) is 2.10. The predicted octanol–water partition coefficient (Wildman–Crippen LogP) is 2.99. The first-order valence-electron chi connectivity index (χ1n) is 8.43. The zero-order valence-corrected chi connectivity index (χ0v) is 15.0. The molecule has 1 aliphatic rings. The Balaban J connectivity index is 1.98. The highest BCUT2D eigenvalue weighted by molar-refractivity contribution is 5.78. The number of carboxylic acid groups (broad SMARTS) is 1. The van der Waals surface area contributed by atoms with Crippen LogP contribution in [-0.2, 0) is 15.0 Å². The minimum absolute atomic E-state index is 0.00965. The van der Waals surface area contributed by atoms with Gasteiger partial charge in [0, 0.05) is 13.1 Å². The Morgan fingerprint density at radius 3 is 2.42 bits per heavy atom. The van der Waals surface area contributed by atoms with Crippen LogP contribution in [0.15, 0.2) is 18.2 Å². The zero-order chi connectivity index (χ0) is 17.9. The normalized spacial score (nSPS) is 16.1. The molecule has 2 rings (SSSR count). The van der Waals surface area contributed by atoms with E-state index >= 15 is 0 Å². The van der Waals surface area contributed by atoms with Crippen LogP contribution in [0.3, 0.4) is 0 Å². The van der Waals surface area contributed by atoms with Crippen molar-refractivity contribution < 1.29 is 19.4 Å². The van der Waals surface area contributed by atoms with Gasteiger partial charge in [0.25, 0.3) is 5.91 Å². The molecule has 5 heteroatoms. The molecule has 0 radical (unpaired) electrons. The number of hydrogen-bond donors (Lipinski definition) is 1. The second-order valence-corrected chi connectivity index (χ2v) is 7.53. The van der Waals surface area contributed by atoms with E-state index in [4.69, 9.17) is 9.84 Å². The van der Waals surface area contributed by atoms with Crippen molar-refractivity contribution in [3.8, 4) is 5.75 Å². The highest BCUT2D eigenvalue weighted by atomic mass is 16.5. The minimum atomic E-state index is -0.770. The molecule has 0 aliphatic carbocycles. The maximum absolute atomic E-state index is 12.3. The molecule has 1 aliphatic heterocycles. The summed E-state index contributed by atoms with van der Waals surface area (Å²) in [6.45, 7) is 9.30. The first-order chi connectivity index (χ1) is 11.2. The summed E-state index contributed by atoms with van der Waals surface area (Å²) >= 11 is 0. The van der Waals surface area contributed by atoms with Crippen LogP contribution in [0, 0.1) is 12.8 Å².